The molecule has 25 heavy (non-hydrogen) atoms. The van der Waals surface area contributed by atoms with Crippen molar-refractivity contribution >= 4 is 40.7 Å². The monoisotopic (exact) mass is 378 g/mol. The highest BCUT2D eigenvalue weighted by Crippen LogP contribution is 2.41. The summed E-state index contributed by atoms with van der Waals surface area (Å²) in [4.78, 5) is 9.30. The molecule has 2 aromatic rings. The minimum atomic E-state index is -0.112. The van der Waals surface area contributed by atoms with Crippen molar-refractivity contribution in [2.24, 2.45) is 0 Å². The van der Waals surface area contributed by atoms with E-state index in [1.165, 1.54) is 38.5 Å². The van der Waals surface area contributed by atoms with Crippen molar-refractivity contribution in [1.82, 2.24) is 9.97 Å². The number of aromatic hydroxyl groups is 1. The van der Waals surface area contributed by atoms with E-state index in [1.54, 1.807) is 12.1 Å². The molecule has 0 aliphatic heterocycles. The number of aromatic nitrogens is 2. The molecule has 0 saturated heterocycles. The Morgan fingerprint density at radius 3 is 2.28 bits per heavy atom. The largest absolute Gasteiger partial charge is 0.505 e. The lowest BCUT2D eigenvalue weighted by Gasteiger charge is -2.15. The molecule has 0 bridgehead atoms. The summed E-state index contributed by atoms with van der Waals surface area (Å²) in [7, 11) is 0. The molecule has 2 aliphatic rings. The van der Waals surface area contributed by atoms with E-state index in [0.717, 1.165) is 5.69 Å². The zero-order valence-electron chi connectivity index (χ0n) is 13.7. The van der Waals surface area contributed by atoms with Crippen molar-refractivity contribution in [2.75, 3.05) is 10.6 Å². The van der Waals surface area contributed by atoms with Gasteiger partial charge in [0.05, 0.1) is 15.7 Å². The molecule has 2 aliphatic carbocycles. The predicted molar refractivity (Wildman–Crippen MR) is 101 cm³/mol. The fourth-order valence-corrected chi connectivity index (χ4v) is 3.71. The fraction of sp³-hybridized carbons (Fsp3) is 0.444. The molecule has 3 N–H and O–H groups in total. The summed E-state index contributed by atoms with van der Waals surface area (Å²) in [5.74, 6) is 1.79. The van der Waals surface area contributed by atoms with Crippen molar-refractivity contribution in [1.29, 1.82) is 0 Å². The Morgan fingerprint density at radius 2 is 1.64 bits per heavy atom. The molecule has 1 aromatic carbocycles. The van der Waals surface area contributed by atoms with E-state index in [4.69, 9.17) is 28.2 Å². The topological polar surface area (TPSA) is 70.1 Å². The van der Waals surface area contributed by atoms with Crippen LogP contribution >= 0.6 is 23.2 Å². The summed E-state index contributed by atoms with van der Waals surface area (Å²) in [6.45, 7) is 0. The van der Waals surface area contributed by atoms with Crippen LogP contribution in [-0.4, -0.2) is 21.1 Å². The van der Waals surface area contributed by atoms with Crippen molar-refractivity contribution in [3.05, 3.63) is 33.9 Å². The number of phenolic OH excluding ortho intramolecular Hbond substituents is 1. The SMILES string of the molecule is Oc1c(Cl)cc(Nc2cc(C3CC3)nc(NC3CCCC3)n2)cc1Cl. The Bertz CT molecular complexity index is 766. The van der Waals surface area contributed by atoms with Gasteiger partial charge in [-0.2, -0.15) is 4.98 Å². The van der Waals surface area contributed by atoms with Crippen LogP contribution in [0.3, 0.4) is 0 Å². The van der Waals surface area contributed by atoms with Gasteiger partial charge in [0.1, 0.15) is 5.82 Å². The second kappa shape index (κ2) is 6.89. The van der Waals surface area contributed by atoms with E-state index in [2.05, 4.69) is 15.6 Å². The standard InChI is InChI=1S/C18H20Cl2N4O/c19-13-7-12(8-14(20)17(13)25)21-16-9-15(10-5-6-10)23-18(24-16)22-11-3-1-2-4-11/h7-11,25H,1-6H2,(H2,21,22,23,24). The smallest absolute Gasteiger partial charge is 0.225 e. The Labute approximate surface area is 156 Å². The van der Waals surface area contributed by atoms with Crippen LogP contribution in [0.15, 0.2) is 18.2 Å². The average Bonchev–Trinajstić information content (AvgIpc) is 3.31. The molecule has 0 radical (unpaired) electrons. The predicted octanol–water partition coefficient (Wildman–Crippen LogP) is 5.46. The average molecular weight is 379 g/mol. The lowest BCUT2D eigenvalue weighted by molar-refractivity contribution is 0.476. The quantitative estimate of drug-likeness (QED) is 0.602. The summed E-state index contributed by atoms with van der Waals surface area (Å²) in [5.41, 5.74) is 1.74. The molecule has 1 aromatic heterocycles. The summed E-state index contributed by atoms with van der Waals surface area (Å²) < 4.78 is 0. The molecule has 2 fully saturated rings. The Kier molecular flexibility index (Phi) is 4.61. The van der Waals surface area contributed by atoms with E-state index in [1.807, 2.05) is 6.07 Å². The van der Waals surface area contributed by atoms with Crippen LogP contribution in [0.1, 0.15) is 50.1 Å². The molecule has 4 rings (SSSR count). The number of halogens is 2. The van der Waals surface area contributed by atoms with Gasteiger partial charge in [0.25, 0.3) is 0 Å². The van der Waals surface area contributed by atoms with Gasteiger partial charge in [-0.05, 0) is 37.8 Å². The zero-order chi connectivity index (χ0) is 17.4. The van der Waals surface area contributed by atoms with Crippen LogP contribution in [0.5, 0.6) is 5.75 Å². The lowest BCUT2D eigenvalue weighted by atomic mass is 10.2. The van der Waals surface area contributed by atoms with Crippen LogP contribution in [-0.2, 0) is 0 Å². The molecule has 1 heterocycles. The van der Waals surface area contributed by atoms with E-state index in [-0.39, 0.29) is 15.8 Å². The van der Waals surface area contributed by atoms with Gasteiger partial charge in [-0.3, -0.25) is 0 Å². The molecule has 2 saturated carbocycles. The van der Waals surface area contributed by atoms with Gasteiger partial charge in [-0.25, -0.2) is 4.98 Å². The number of anilines is 3. The number of rotatable bonds is 5. The summed E-state index contributed by atoms with van der Waals surface area (Å²) in [6.07, 6.45) is 7.21. The molecule has 5 nitrogen and oxygen atoms in total. The molecule has 0 unspecified atom stereocenters. The fourth-order valence-electron chi connectivity index (χ4n) is 3.22. The van der Waals surface area contributed by atoms with E-state index in [0.29, 0.717) is 29.4 Å². The summed E-state index contributed by atoms with van der Waals surface area (Å²) in [5, 5.41) is 16.8. The highest BCUT2D eigenvalue weighted by atomic mass is 35.5. The van der Waals surface area contributed by atoms with Crippen molar-refractivity contribution < 1.29 is 5.11 Å². The van der Waals surface area contributed by atoms with Crippen LogP contribution in [0.4, 0.5) is 17.5 Å². The molecular weight excluding hydrogens is 359 g/mol. The first-order chi connectivity index (χ1) is 12.1. The van der Waals surface area contributed by atoms with Gasteiger partial charge in [-0.15, -0.1) is 0 Å². The molecule has 7 heteroatoms. The van der Waals surface area contributed by atoms with Crippen LogP contribution < -0.4 is 10.6 Å². The summed E-state index contributed by atoms with van der Waals surface area (Å²) >= 11 is 12.0. The highest BCUT2D eigenvalue weighted by molar-refractivity contribution is 6.37. The van der Waals surface area contributed by atoms with Crippen LogP contribution in [0.2, 0.25) is 10.0 Å². The first-order valence-electron chi connectivity index (χ1n) is 8.69. The Balaban J connectivity index is 1.60. The number of hydrogen-bond donors (Lipinski definition) is 3. The van der Waals surface area contributed by atoms with Gasteiger partial charge in [0, 0.05) is 23.7 Å². The van der Waals surface area contributed by atoms with Crippen LogP contribution in [0.25, 0.3) is 0 Å². The molecule has 132 valence electrons. The van der Waals surface area contributed by atoms with Gasteiger partial charge in [0.2, 0.25) is 5.95 Å². The lowest BCUT2D eigenvalue weighted by Crippen LogP contribution is -2.17. The highest BCUT2D eigenvalue weighted by Gasteiger charge is 2.27. The number of nitrogens with one attached hydrogen (secondary N) is 2. The third-order valence-corrected chi connectivity index (χ3v) is 5.30. The van der Waals surface area contributed by atoms with E-state index < -0.39 is 0 Å². The minimum absolute atomic E-state index is 0.112. The molecule has 0 amide bonds. The van der Waals surface area contributed by atoms with Crippen LogP contribution in [0, 0.1) is 0 Å². The van der Waals surface area contributed by atoms with Crippen molar-refractivity contribution in [2.45, 2.75) is 50.5 Å². The second-order valence-corrected chi connectivity index (χ2v) is 7.63. The van der Waals surface area contributed by atoms with Gasteiger partial charge >= 0.3 is 0 Å². The Hall–Kier alpha value is -1.72. The second-order valence-electron chi connectivity index (χ2n) is 6.82. The van der Waals surface area contributed by atoms with Gasteiger partial charge < -0.3 is 15.7 Å². The third-order valence-electron chi connectivity index (χ3n) is 4.72. The zero-order valence-corrected chi connectivity index (χ0v) is 15.2. The number of benzene rings is 1. The minimum Gasteiger partial charge on any atom is -0.505 e. The molecular formula is C18H20Cl2N4O. The first kappa shape index (κ1) is 16.7. The van der Waals surface area contributed by atoms with E-state index >= 15 is 0 Å². The maximum atomic E-state index is 9.70. The summed E-state index contributed by atoms with van der Waals surface area (Å²) in [6, 6.07) is 5.70. The van der Waals surface area contributed by atoms with Gasteiger partial charge in [0.15, 0.2) is 5.75 Å². The number of nitrogens with zero attached hydrogens (tertiary/aromatic N) is 2. The normalized spacial score (nSPS) is 17.7. The third kappa shape index (κ3) is 3.93. The first-order valence-corrected chi connectivity index (χ1v) is 9.44. The van der Waals surface area contributed by atoms with Crippen molar-refractivity contribution in [3.8, 4) is 5.75 Å². The number of hydrogen-bond acceptors (Lipinski definition) is 5. The van der Waals surface area contributed by atoms with Gasteiger partial charge in [-0.1, -0.05) is 36.0 Å². The molecule has 0 atom stereocenters. The maximum Gasteiger partial charge on any atom is 0.225 e. The number of phenols is 1. The van der Waals surface area contributed by atoms with Crippen molar-refractivity contribution in [3.63, 3.8) is 0 Å². The Morgan fingerprint density at radius 1 is 0.960 bits per heavy atom. The molecule has 0 spiro atoms. The van der Waals surface area contributed by atoms with E-state index in [9.17, 15) is 5.11 Å². The maximum absolute atomic E-state index is 9.70.